The second kappa shape index (κ2) is 6.51. The molecule has 5 rings (SSSR count). The van der Waals surface area contributed by atoms with Crippen molar-refractivity contribution in [1.29, 1.82) is 0 Å². The number of amides is 1. The van der Waals surface area contributed by atoms with Gasteiger partial charge < -0.3 is 15.2 Å². The smallest absolute Gasteiger partial charge is 0.226 e. The number of rotatable bonds is 2. The third-order valence-electron chi connectivity index (χ3n) is 5.57. The number of aromatic nitrogens is 3. The van der Waals surface area contributed by atoms with Gasteiger partial charge in [-0.1, -0.05) is 30.3 Å². The molecule has 1 atom stereocenters. The first kappa shape index (κ1) is 17.6. The molecule has 1 amide bonds. The van der Waals surface area contributed by atoms with Gasteiger partial charge in [0.2, 0.25) is 5.91 Å². The second-order valence-corrected chi connectivity index (χ2v) is 7.76. The summed E-state index contributed by atoms with van der Waals surface area (Å²) < 4.78 is 4.05. The van der Waals surface area contributed by atoms with Crippen LogP contribution in [0.2, 0.25) is 0 Å². The van der Waals surface area contributed by atoms with Gasteiger partial charge in [0.1, 0.15) is 0 Å². The lowest BCUT2D eigenvalue weighted by Gasteiger charge is -2.17. The van der Waals surface area contributed by atoms with Gasteiger partial charge >= 0.3 is 0 Å². The van der Waals surface area contributed by atoms with Crippen LogP contribution >= 0.6 is 0 Å². The summed E-state index contributed by atoms with van der Waals surface area (Å²) >= 11 is 0. The van der Waals surface area contributed by atoms with E-state index in [0.717, 1.165) is 33.8 Å². The zero-order valence-electron chi connectivity index (χ0n) is 16.7. The normalized spacial score (nSPS) is 16.2. The molecule has 6 nitrogen and oxygen atoms in total. The molecule has 2 aromatic carbocycles. The van der Waals surface area contributed by atoms with E-state index >= 15 is 0 Å². The first-order valence-corrected chi connectivity index (χ1v) is 9.78. The lowest BCUT2D eigenvalue weighted by atomic mass is 10.1. The molecule has 0 fully saturated rings. The topological polar surface area (TPSA) is 63.9 Å². The first-order chi connectivity index (χ1) is 14.0. The molecule has 0 bridgehead atoms. The molecule has 0 saturated carbocycles. The Labute approximate surface area is 169 Å². The average molecular weight is 385 g/mol. The average Bonchev–Trinajstić information content (AvgIpc) is 3.22. The molecule has 0 radical (unpaired) electrons. The van der Waals surface area contributed by atoms with Gasteiger partial charge in [-0.05, 0) is 19.1 Å². The standard InChI is InChI=1S/C23H23N5O/c1-14-10-21(29)26-19-9-5-8-18(22(19)25-14)20-11-15-6-4-7-17(23(15)28(20)3)16-12-24-27(2)13-16/h4-9,11-14,25H,10H2,1-3H3,(H,26,29)/t14-/m1/s1. The molecule has 146 valence electrons. The van der Waals surface area contributed by atoms with Gasteiger partial charge in [0.05, 0.1) is 28.8 Å². The summed E-state index contributed by atoms with van der Waals surface area (Å²) in [4.78, 5) is 12.2. The Morgan fingerprint density at radius 1 is 1.10 bits per heavy atom. The minimum atomic E-state index is 0.0387. The first-order valence-electron chi connectivity index (χ1n) is 9.78. The lowest BCUT2D eigenvalue weighted by molar-refractivity contribution is -0.116. The fourth-order valence-electron chi connectivity index (χ4n) is 4.27. The Balaban J connectivity index is 1.73. The molecular weight excluding hydrogens is 362 g/mol. The highest BCUT2D eigenvalue weighted by molar-refractivity contribution is 6.03. The Kier molecular flexibility index (Phi) is 3.94. The highest BCUT2D eigenvalue weighted by Crippen LogP contribution is 2.40. The van der Waals surface area contributed by atoms with E-state index in [1.165, 1.54) is 10.9 Å². The van der Waals surface area contributed by atoms with Crippen LogP contribution < -0.4 is 10.6 Å². The summed E-state index contributed by atoms with van der Waals surface area (Å²) in [6.07, 6.45) is 4.39. The summed E-state index contributed by atoms with van der Waals surface area (Å²) in [6.45, 7) is 2.04. The number of fused-ring (bicyclic) bond motifs is 2. The Bertz CT molecular complexity index is 1250. The molecule has 1 aliphatic rings. The van der Waals surface area contributed by atoms with Crippen LogP contribution in [-0.2, 0) is 18.9 Å². The minimum Gasteiger partial charge on any atom is -0.380 e. The van der Waals surface area contributed by atoms with Gasteiger partial charge in [-0.3, -0.25) is 9.48 Å². The molecule has 4 aromatic rings. The van der Waals surface area contributed by atoms with Crippen LogP contribution in [0.3, 0.4) is 0 Å². The number of hydrogen-bond donors (Lipinski definition) is 2. The van der Waals surface area contributed by atoms with E-state index in [1.807, 2.05) is 43.2 Å². The van der Waals surface area contributed by atoms with Crippen molar-refractivity contribution in [3.05, 3.63) is 54.9 Å². The van der Waals surface area contributed by atoms with Gasteiger partial charge in [-0.2, -0.15) is 5.10 Å². The third-order valence-corrected chi connectivity index (χ3v) is 5.57. The molecule has 1 aliphatic heterocycles. The van der Waals surface area contributed by atoms with Crippen LogP contribution in [-0.4, -0.2) is 26.3 Å². The van der Waals surface area contributed by atoms with Gasteiger partial charge in [-0.25, -0.2) is 0 Å². The number of nitrogens with one attached hydrogen (secondary N) is 2. The monoisotopic (exact) mass is 385 g/mol. The summed E-state index contributed by atoms with van der Waals surface area (Å²) in [7, 11) is 4.02. The fourth-order valence-corrected chi connectivity index (χ4v) is 4.27. The van der Waals surface area contributed by atoms with E-state index in [4.69, 9.17) is 0 Å². The van der Waals surface area contributed by atoms with Crippen LogP contribution in [0.15, 0.2) is 54.9 Å². The van der Waals surface area contributed by atoms with Crippen LogP contribution in [0.25, 0.3) is 33.3 Å². The van der Waals surface area contributed by atoms with Gasteiger partial charge in [-0.15, -0.1) is 0 Å². The molecule has 3 heterocycles. The number of para-hydroxylation sites is 2. The zero-order valence-corrected chi connectivity index (χ0v) is 16.7. The van der Waals surface area contributed by atoms with E-state index in [1.54, 1.807) is 0 Å². The molecule has 0 saturated heterocycles. The summed E-state index contributed by atoms with van der Waals surface area (Å²) in [5, 5.41) is 12.1. The number of nitrogens with zero attached hydrogens (tertiary/aromatic N) is 3. The molecule has 2 aromatic heterocycles. The third kappa shape index (κ3) is 2.88. The highest BCUT2D eigenvalue weighted by atomic mass is 16.1. The molecule has 6 heteroatoms. The molecular formula is C23H23N5O. The van der Waals surface area contributed by atoms with Crippen molar-refractivity contribution in [2.45, 2.75) is 19.4 Å². The predicted molar refractivity (Wildman–Crippen MR) is 117 cm³/mol. The van der Waals surface area contributed by atoms with Gasteiger partial charge in [0.25, 0.3) is 0 Å². The van der Waals surface area contributed by atoms with Crippen LogP contribution in [0.5, 0.6) is 0 Å². The van der Waals surface area contributed by atoms with Crippen LogP contribution in [0.1, 0.15) is 13.3 Å². The van der Waals surface area contributed by atoms with Crippen molar-refractivity contribution in [1.82, 2.24) is 14.3 Å². The highest BCUT2D eigenvalue weighted by Gasteiger charge is 2.22. The lowest BCUT2D eigenvalue weighted by Crippen LogP contribution is -2.19. The molecule has 0 spiro atoms. The summed E-state index contributed by atoms with van der Waals surface area (Å²) in [5.41, 5.74) is 7.39. The second-order valence-electron chi connectivity index (χ2n) is 7.76. The van der Waals surface area contributed by atoms with Crippen molar-refractivity contribution >= 4 is 28.2 Å². The van der Waals surface area contributed by atoms with Crippen LogP contribution in [0.4, 0.5) is 11.4 Å². The maximum Gasteiger partial charge on any atom is 0.226 e. The Morgan fingerprint density at radius 3 is 2.69 bits per heavy atom. The summed E-state index contributed by atoms with van der Waals surface area (Å²) in [5.74, 6) is 0.0387. The summed E-state index contributed by atoms with van der Waals surface area (Å²) in [6, 6.07) is 14.7. The van der Waals surface area contributed by atoms with E-state index in [0.29, 0.717) is 6.42 Å². The number of aryl methyl sites for hydroxylation is 2. The molecule has 0 aliphatic carbocycles. The SMILES string of the molecule is C[C@@H]1CC(=O)Nc2cccc(-c3cc4cccc(-c5cnn(C)c5)c4n3C)c2N1. The van der Waals surface area contributed by atoms with Crippen molar-refractivity contribution < 1.29 is 4.79 Å². The van der Waals surface area contributed by atoms with Crippen molar-refractivity contribution in [3.8, 4) is 22.4 Å². The van der Waals surface area contributed by atoms with Gasteiger partial charge in [0, 0.05) is 54.8 Å². The van der Waals surface area contributed by atoms with Crippen molar-refractivity contribution in [2.24, 2.45) is 14.1 Å². The van der Waals surface area contributed by atoms with Gasteiger partial charge in [0.15, 0.2) is 0 Å². The van der Waals surface area contributed by atoms with E-state index in [2.05, 4.69) is 57.7 Å². The van der Waals surface area contributed by atoms with E-state index in [9.17, 15) is 4.79 Å². The molecule has 29 heavy (non-hydrogen) atoms. The maximum atomic E-state index is 12.2. The number of anilines is 2. The minimum absolute atomic E-state index is 0.0387. The number of benzene rings is 2. The number of carbonyl (C=O) groups excluding carboxylic acids is 1. The van der Waals surface area contributed by atoms with Crippen molar-refractivity contribution in [2.75, 3.05) is 10.6 Å². The Morgan fingerprint density at radius 2 is 1.90 bits per heavy atom. The van der Waals surface area contributed by atoms with E-state index < -0.39 is 0 Å². The quantitative estimate of drug-likeness (QED) is 0.538. The molecule has 2 N–H and O–H groups in total. The fraction of sp³-hybridized carbons (Fsp3) is 0.217. The molecule has 0 unspecified atom stereocenters. The zero-order chi connectivity index (χ0) is 20.1. The maximum absolute atomic E-state index is 12.2. The number of hydrogen-bond acceptors (Lipinski definition) is 3. The number of carbonyl (C=O) groups is 1. The van der Waals surface area contributed by atoms with Crippen molar-refractivity contribution in [3.63, 3.8) is 0 Å². The Hall–Kier alpha value is -3.54. The van der Waals surface area contributed by atoms with E-state index in [-0.39, 0.29) is 11.9 Å². The predicted octanol–water partition coefficient (Wildman–Crippen LogP) is 4.39. The largest absolute Gasteiger partial charge is 0.380 e. The van der Waals surface area contributed by atoms with Crippen LogP contribution in [0, 0.1) is 0 Å².